The van der Waals surface area contributed by atoms with E-state index >= 15 is 0 Å². The number of likely N-dealkylation sites (tertiary alicyclic amines) is 1. The van der Waals surface area contributed by atoms with Gasteiger partial charge >= 0.3 is 0 Å². The zero-order valence-electron chi connectivity index (χ0n) is 14.0. The summed E-state index contributed by atoms with van der Waals surface area (Å²) < 4.78 is 26.6. The molecule has 8 nitrogen and oxygen atoms in total. The Morgan fingerprint density at radius 2 is 2.08 bits per heavy atom. The summed E-state index contributed by atoms with van der Waals surface area (Å²) in [5, 5.41) is 4.06. The van der Waals surface area contributed by atoms with Crippen molar-refractivity contribution in [2.45, 2.75) is 12.8 Å². The van der Waals surface area contributed by atoms with Gasteiger partial charge in [0.2, 0.25) is 10.0 Å². The lowest BCUT2D eigenvalue weighted by atomic mass is 9.97. The number of piperidine rings is 1. The third kappa shape index (κ3) is 4.64. The van der Waals surface area contributed by atoms with Crippen LogP contribution in [0.4, 0.5) is 0 Å². The highest BCUT2D eigenvalue weighted by atomic mass is 32.2. The molecule has 0 spiro atoms. The van der Waals surface area contributed by atoms with Crippen LogP contribution in [0.1, 0.15) is 23.2 Å². The number of benzene rings is 1. The summed E-state index contributed by atoms with van der Waals surface area (Å²) in [7, 11) is -3.21. The monoisotopic (exact) mass is 363 g/mol. The molecule has 0 radical (unpaired) electrons. The molecular formula is C16H21N5O3S. The fourth-order valence-corrected chi connectivity index (χ4v) is 3.50. The number of amides is 1. The molecule has 1 atom stereocenters. The second kappa shape index (κ2) is 7.32. The average Bonchev–Trinajstić information content (AvgIpc) is 3.14. The summed E-state index contributed by atoms with van der Waals surface area (Å²) in [6, 6.07) is 7.21. The lowest BCUT2D eigenvalue weighted by Gasteiger charge is -2.32. The molecule has 0 bridgehead atoms. The largest absolute Gasteiger partial charge is 0.338 e. The van der Waals surface area contributed by atoms with Gasteiger partial charge in [0.15, 0.2) is 0 Å². The van der Waals surface area contributed by atoms with E-state index < -0.39 is 10.0 Å². The molecule has 1 aromatic carbocycles. The molecule has 1 unspecified atom stereocenters. The van der Waals surface area contributed by atoms with E-state index in [0.717, 1.165) is 24.8 Å². The summed E-state index contributed by atoms with van der Waals surface area (Å²) >= 11 is 0. The summed E-state index contributed by atoms with van der Waals surface area (Å²) in [5.41, 5.74) is 1.45. The van der Waals surface area contributed by atoms with Gasteiger partial charge in [-0.2, -0.15) is 5.10 Å². The van der Waals surface area contributed by atoms with Gasteiger partial charge in [-0.3, -0.25) is 4.79 Å². The van der Waals surface area contributed by atoms with Crippen LogP contribution < -0.4 is 4.72 Å². The Morgan fingerprint density at radius 3 is 2.72 bits per heavy atom. The Bertz CT molecular complexity index is 818. The van der Waals surface area contributed by atoms with Crippen molar-refractivity contribution in [3.8, 4) is 5.69 Å². The van der Waals surface area contributed by atoms with E-state index in [1.807, 2.05) is 12.1 Å². The van der Waals surface area contributed by atoms with Crippen molar-refractivity contribution >= 4 is 15.9 Å². The zero-order valence-corrected chi connectivity index (χ0v) is 14.8. The van der Waals surface area contributed by atoms with Crippen LogP contribution in [-0.4, -0.2) is 59.9 Å². The second-order valence-corrected chi connectivity index (χ2v) is 8.10. The Balaban J connectivity index is 1.64. The van der Waals surface area contributed by atoms with E-state index in [4.69, 9.17) is 0 Å². The maximum Gasteiger partial charge on any atom is 0.253 e. The molecule has 1 N–H and O–H groups in total. The van der Waals surface area contributed by atoms with E-state index in [-0.39, 0.29) is 11.8 Å². The second-order valence-electron chi connectivity index (χ2n) is 6.27. The highest BCUT2D eigenvalue weighted by molar-refractivity contribution is 7.88. The number of carbonyl (C=O) groups is 1. The van der Waals surface area contributed by atoms with Crippen LogP contribution in [0.2, 0.25) is 0 Å². The molecule has 1 fully saturated rings. The molecule has 3 rings (SSSR count). The summed E-state index contributed by atoms with van der Waals surface area (Å²) in [6.45, 7) is 1.62. The molecule has 1 aromatic heterocycles. The fourth-order valence-electron chi connectivity index (χ4n) is 2.97. The zero-order chi connectivity index (χ0) is 17.9. The van der Waals surface area contributed by atoms with Crippen LogP contribution in [0.25, 0.3) is 5.69 Å². The standard InChI is InChI=1S/C16H21N5O3S/c1-25(23,24)19-9-13-3-2-8-20(10-13)16(22)14-4-6-15(7-5-14)21-12-17-11-18-21/h4-7,11-13,19H,2-3,8-10H2,1H3. The van der Waals surface area contributed by atoms with Crippen LogP contribution in [0.5, 0.6) is 0 Å². The number of carbonyl (C=O) groups excluding carboxylic acids is 1. The van der Waals surface area contributed by atoms with Crippen LogP contribution in [0, 0.1) is 5.92 Å². The first-order valence-corrected chi connectivity index (χ1v) is 10.0. The lowest BCUT2D eigenvalue weighted by molar-refractivity contribution is 0.0676. The quantitative estimate of drug-likeness (QED) is 0.842. The average molecular weight is 363 g/mol. The smallest absolute Gasteiger partial charge is 0.253 e. The van der Waals surface area contributed by atoms with Gasteiger partial charge in [-0.05, 0) is 43.0 Å². The number of nitrogens with one attached hydrogen (secondary N) is 1. The minimum Gasteiger partial charge on any atom is -0.338 e. The third-order valence-electron chi connectivity index (χ3n) is 4.24. The Kier molecular flexibility index (Phi) is 5.14. The first kappa shape index (κ1) is 17.6. The number of sulfonamides is 1. The molecule has 0 saturated carbocycles. The number of hydrogen-bond donors (Lipinski definition) is 1. The van der Waals surface area contributed by atoms with Gasteiger partial charge in [-0.15, -0.1) is 0 Å². The van der Waals surface area contributed by atoms with Gasteiger partial charge < -0.3 is 4.90 Å². The van der Waals surface area contributed by atoms with E-state index in [1.54, 1.807) is 28.0 Å². The molecule has 25 heavy (non-hydrogen) atoms. The van der Waals surface area contributed by atoms with Crippen molar-refractivity contribution in [3.63, 3.8) is 0 Å². The minimum atomic E-state index is -3.21. The predicted molar refractivity (Wildman–Crippen MR) is 92.8 cm³/mol. The maximum atomic E-state index is 12.7. The molecular weight excluding hydrogens is 342 g/mol. The van der Waals surface area contributed by atoms with Crippen molar-refractivity contribution in [1.82, 2.24) is 24.4 Å². The van der Waals surface area contributed by atoms with Crippen LogP contribution in [0.15, 0.2) is 36.9 Å². The summed E-state index contributed by atoms with van der Waals surface area (Å²) in [6.07, 6.45) is 5.99. The van der Waals surface area contributed by atoms with Crippen LogP contribution >= 0.6 is 0 Å². The van der Waals surface area contributed by atoms with Crippen molar-refractivity contribution in [1.29, 1.82) is 0 Å². The highest BCUT2D eigenvalue weighted by Gasteiger charge is 2.25. The molecule has 1 saturated heterocycles. The first-order chi connectivity index (χ1) is 11.9. The minimum absolute atomic E-state index is 0.0332. The SMILES string of the molecule is CS(=O)(=O)NCC1CCCN(C(=O)c2ccc(-n3cncn3)cc2)C1. The van der Waals surface area contributed by atoms with Gasteiger partial charge in [0.1, 0.15) is 12.7 Å². The molecule has 9 heteroatoms. The fraction of sp³-hybridized carbons (Fsp3) is 0.438. The Morgan fingerprint density at radius 1 is 1.32 bits per heavy atom. The molecule has 0 aliphatic carbocycles. The van der Waals surface area contributed by atoms with E-state index in [1.165, 1.54) is 6.33 Å². The van der Waals surface area contributed by atoms with E-state index in [0.29, 0.717) is 25.2 Å². The van der Waals surface area contributed by atoms with Crippen molar-refractivity contribution in [3.05, 3.63) is 42.5 Å². The maximum absolute atomic E-state index is 12.7. The van der Waals surface area contributed by atoms with E-state index in [2.05, 4.69) is 14.8 Å². The predicted octanol–water partition coefficient (Wildman–Crippen LogP) is 0.669. The molecule has 1 amide bonds. The Hall–Kier alpha value is -2.26. The number of rotatable bonds is 5. The molecule has 2 heterocycles. The van der Waals surface area contributed by atoms with Gasteiger partial charge in [0, 0.05) is 25.2 Å². The Labute approximate surface area is 146 Å². The van der Waals surface area contributed by atoms with Gasteiger partial charge in [-0.25, -0.2) is 22.8 Å². The number of nitrogens with zero attached hydrogens (tertiary/aromatic N) is 4. The lowest BCUT2D eigenvalue weighted by Crippen LogP contribution is -2.43. The van der Waals surface area contributed by atoms with Gasteiger partial charge in [0.25, 0.3) is 5.91 Å². The van der Waals surface area contributed by atoms with Crippen molar-refractivity contribution < 1.29 is 13.2 Å². The molecule has 2 aromatic rings. The van der Waals surface area contributed by atoms with Gasteiger partial charge in [-0.1, -0.05) is 0 Å². The van der Waals surface area contributed by atoms with Crippen molar-refractivity contribution in [2.75, 3.05) is 25.9 Å². The molecule has 1 aliphatic heterocycles. The third-order valence-corrected chi connectivity index (χ3v) is 4.93. The summed E-state index contributed by atoms with van der Waals surface area (Å²) in [5.74, 6) is 0.107. The van der Waals surface area contributed by atoms with Gasteiger partial charge in [0.05, 0.1) is 11.9 Å². The first-order valence-electron chi connectivity index (χ1n) is 8.11. The van der Waals surface area contributed by atoms with Crippen LogP contribution in [0.3, 0.4) is 0 Å². The topological polar surface area (TPSA) is 97.2 Å². The molecule has 1 aliphatic rings. The van der Waals surface area contributed by atoms with Crippen LogP contribution in [-0.2, 0) is 10.0 Å². The van der Waals surface area contributed by atoms with E-state index in [9.17, 15) is 13.2 Å². The highest BCUT2D eigenvalue weighted by Crippen LogP contribution is 2.19. The normalized spacial score (nSPS) is 18.3. The number of aromatic nitrogens is 3. The summed E-state index contributed by atoms with van der Waals surface area (Å²) in [4.78, 5) is 18.4. The number of hydrogen-bond acceptors (Lipinski definition) is 5. The van der Waals surface area contributed by atoms with Crippen molar-refractivity contribution in [2.24, 2.45) is 5.92 Å². The molecule has 134 valence electrons.